The minimum absolute atomic E-state index is 0.363. The molecular formula is C22H21N3O4S. The molecule has 0 aliphatic heterocycles. The Kier molecular flexibility index (Phi) is 5.26. The summed E-state index contributed by atoms with van der Waals surface area (Å²) in [6, 6.07) is 7.29. The van der Waals surface area contributed by atoms with Gasteiger partial charge in [0.15, 0.2) is 6.61 Å². The number of fused-ring (bicyclic) bond motifs is 2. The average molecular weight is 423 g/mol. The molecule has 0 saturated heterocycles. The van der Waals surface area contributed by atoms with Crippen molar-refractivity contribution in [3.8, 4) is 0 Å². The second kappa shape index (κ2) is 7.87. The van der Waals surface area contributed by atoms with Crippen molar-refractivity contribution in [2.45, 2.75) is 33.1 Å². The summed E-state index contributed by atoms with van der Waals surface area (Å²) in [5.41, 5.74) is 9.54. The quantitative estimate of drug-likeness (QED) is 0.612. The van der Waals surface area contributed by atoms with Crippen LogP contribution >= 0.6 is 11.3 Å². The number of nitrogens with zero attached hydrogens (tertiary/aromatic N) is 1. The number of amides is 2. The number of primary amides is 1. The Bertz CT molecular complexity index is 1200. The Balaban J connectivity index is 1.49. The number of hydrogen-bond acceptors (Lipinski definition) is 6. The highest BCUT2D eigenvalue weighted by Gasteiger charge is 2.26. The average Bonchev–Trinajstić information content (AvgIpc) is 3.26. The van der Waals surface area contributed by atoms with Crippen LogP contribution in [0.2, 0.25) is 0 Å². The zero-order valence-corrected chi connectivity index (χ0v) is 17.5. The van der Waals surface area contributed by atoms with E-state index >= 15 is 0 Å². The predicted molar refractivity (Wildman–Crippen MR) is 115 cm³/mol. The zero-order valence-electron chi connectivity index (χ0n) is 16.7. The van der Waals surface area contributed by atoms with Crippen LogP contribution in [0.15, 0.2) is 24.3 Å². The van der Waals surface area contributed by atoms with Crippen LogP contribution in [0.5, 0.6) is 0 Å². The third kappa shape index (κ3) is 3.78. The van der Waals surface area contributed by atoms with Crippen molar-refractivity contribution in [1.82, 2.24) is 4.98 Å². The van der Waals surface area contributed by atoms with Gasteiger partial charge >= 0.3 is 5.97 Å². The molecule has 4 rings (SSSR count). The van der Waals surface area contributed by atoms with Crippen molar-refractivity contribution in [3.63, 3.8) is 0 Å². The summed E-state index contributed by atoms with van der Waals surface area (Å²) in [5.74, 6) is -1.68. The van der Waals surface area contributed by atoms with Gasteiger partial charge in [-0.05, 0) is 56.9 Å². The largest absolute Gasteiger partial charge is 0.452 e. The molecule has 0 saturated carbocycles. The SMILES string of the molecule is Cc1ccc2nc(C)cc(C(=O)OCC(=O)Nc3sc4c(c3C(N)=O)CCC4)c2c1. The maximum Gasteiger partial charge on any atom is 0.339 e. The second-order valence-electron chi connectivity index (χ2n) is 7.38. The van der Waals surface area contributed by atoms with Crippen molar-refractivity contribution in [3.05, 3.63) is 57.1 Å². The topological polar surface area (TPSA) is 111 Å². The molecule has 2 amide bonds. The molecule has 0 spiro atoms. The molecule has 7 nitrogen and oxygen atoms in total. The fourth-order valence-corrected chi connectivity index (χ4v) is 5.08. The van der Waals surface area contributed by atoms with Gasteiger partial charge in [-0.15, -0.1) is 11.3 Å². The first-order valence-corrected chi connectivity index (χ1v) is 10.4. The number of nitrogens with two attached hydrogens (primary N) is 1. The number of thiophene rings is 1. The minimum atomic E-state index is -0.602. The fraction of sp³-hybridized carbons (Fsp3) is 0.273. The molecule has 1 aliphatic carbocycles. The molecule has 2 heterocycles. The molecular weight excluding hydrogens is 402 g/mol. The number of carbonyl (C=O) groups excluding carboxylic acids is 3. The summed E-state index contributed by atoms with van der Waals surface area (Å²) in [4.78, 5) is 42.4. The number of benzene rings is 1. The van der Waals surface area contributed by atoms with Crippen molar-refractivity contribution >= 4 is 45.0 Å². The van der Waals surface area contributed by atoms with Gasteiger partial charge in [-0.2, -0.15) is 0 Å². The van der Waals surface area contributed by atoms with Gasteiger partial charge in [0.1, 0.15) is 5.00 Å². The van der Waals surface area contributed by atoms with Crippen LogP contribution in [0, 0.1) is 13.8 Å². The molecule has 0 fully saturated rings. The highest BCUT2D eigenvalue weighted by molar-refractivity contribution is 7.17. The molecule has 8 heteroatoms. The smallest absolute Gasteiger partial charge is 0.339 e. The van der Waals surface area contributed by atoms with E-state index in [9.17, 15) is 14.4 Å². The first-order chi connectivity index (χ1) is 14.3. The van der Waals surface area contributed by atoms with Gasteiger partial charge in [0.2, 0.25) is 0 Å². The Morgan fingerprint density at radius 3 is 2.77 bits per heavy atom. The van der Waals surface area contributed by atoms with Crippen LogP contribution < -0.4 is 11.1 Å². The van der Waals surface area contributed by atoms with Crippen molar-refractivity contribution in [2.75, 3.05) is 11.9 Å². The fourth-order valence-electron chi connectivity index (χ4n) is 3.77. The van der Waals surface area contributed by atoms with Gasteiger partial charge in [0.25, 0.3) is 11.8 Å². The van der Waals surface area contributed by atoms with E-state index in [-0.39, 0.29) is 0 Å². The number of aryl methyl sites for hydroxylation is 3. The molecule has 0 atom stereocenters. The van der Waals surface area contributed by atoms with Gasteiger partial charge in [-0.1, -0.05) is 11.6 Å². The predicted octanol–water partition coefficient (Wildman–Crippen LogP) is 3.30. The summed E-state index contributed by atoms with van der Waals surface area (Å²) >= 11 is 1.36. The van der Waals surface area contributed by atoms with E-state index in [1.165, 1.54) is 11.3 Å². The molecule has 3 N–H and O–H groups in total. The van der Waals surface area contributed by atoms with Crippen molar-refractivity contribution < 1.29 is 19.1 Å². The van der Waals surface area contributed by atoms with Crippen LogP contribution in [0.1, 0.15) is 48.8 Å². The summed E-state index contributed by atoms with van der Waals surface area (Å²) in [6.45, 7) is 3.26. The molecule has 30 heavy (non-hydrogen) atoms. The van der Waals surface area contributed by atoms with Crippen LogP contribution in [0.25, 0.3) is 10.9 Å². The van der Waals surface area contributed by atoms with E-state index in [1.54, 1.807) is 13.0 Å². The third-order valence-corrected chi connectivity index (χ3v) is 6.27. The van der Waals surface area contributed by atoms with E-state index in [2.05, 4.69) is 10.3 Å². The van der Waals surface area contributed by atoms with Crippen LogP contribution in [0.4, 0.5) is 5.00 Å². The van der Waals surface area contributed by atoms with E-state index in [4.69, 9.17) is 10.5 Å². The van der Waals surface area contributed by atoms with E-state index in [0.717, 1.165) is 35.3 Å². The van der Waals surface area contributed by atoms with Gasteiger partial charge in [0, 0.05) is 16.0 Å². The monoisotopic (exact) mass is 423 g/mol. The summed E-state index contributed by atoms with van der Waals surface area (Å²) < 4.78 is 5.25. The normalized spacial score (nSPS) is 12.6. The lowest BCUT2D eigenvalue weighted by Crippen LogP contribution is -2.23. The van der Waals surface area contributed by atoms with Crippen molar-refractivity contribution in [2.24, 2.45) is 5.73 Å². The highest BCUT2D eigenvalue weighted by atomic mass is 32.1. The van der Waals surface area contributed by atoms with Gasteiger partial charge in [-0.25, -0.2) is 4.79 Å². The minimum Gasteiger partial charge on any atom is -0.452 e. The molecule has 154 valence electrons. The number of nitrogens with one attached hydrogen (secondary N) is 1. The maximum atomic E-state index is 12.7. The van der Waals surface area contributed by atoms with Gasteiger partial charge in [-0.3, -0.25) is 14.6 Å². The van der Waals surface area contributed by atoms with Crippen molar-refractivity contribution in [1.29, 1.82) is 0 Å². The summed E-state index contributed by atoms with van der Waals surface area (Å²) in [7, 11) is 0. The Hall–Kier alpha value is -3.26. The Morgan fingerprint density at radius 2 is 2.00 bits per heavy atom. The number of anilines is 1. The van der Waals surface area contributed by atoms with Gasteiger partial charge < -0.3 is 15.8 Å². The summed E-state index contributed by atoms with van der Waals surface area (Å²) in [6.07, 6.45) is 2.63. The summed E-state index contributed by atoms with van der Waals surface area (Å²) in [5, 5.41) is 3.78. The third-order valence-electron chi connectivity index (χ3n) is 5.07. The van der Waals surface area contributed by atoms with Crippen LogP contribution in [0.3, 0.4) is 0 Å². The number of rotatable bonds is 5. The lowest BCUT2D eigenvalue weighted by atomic mass is 10.1. The zero-order chi connectivity index (χ0) is 21.4. The number of aromatic nitrogens is 1. The molecule has 1 aliphatic rings. The van der Waals surface area contributed by atoms with E-state index in [1.807, 2.05) is 25.1 Å². The number of hydrogen-bond donors (Lipinski definition) is 2. The molecule has 3 aromatic rings. The second-order valence-corrected chi connectivity index (χ2v) is 8.49. The standard InChI is InChI=1S/C22H21N3O4S/c1-11-6-7-16-14(8-11)15(9-12(2)24-16)22(28)29-10-18(26)25-21-19(20(23)27)13-4-3-5-17(13)30-21/h6-9H,3-5,10H2,1-2H3,(H2,23,27)(H,25,26). The van der Waals surface area contributed by atoms with Crippen LogP contribution in [-0.4, -0.2) is 29.4 Å². The molecule has 0 unspecified atom stereocenters. The maximum absolute atomic E-state index is 12.7. The molecule has 2 aromatic heterocycles. The lowest BCUT2D eigenvalue weighted by Gasteiger charge is -2.10. The Morgan fingerprint density at radius 1 is 1.20 bits per heavy atom. The lowest BCUT2D eigenvalue weighted by molar-refractivity contribution is -0.119. The number of carbonyl (C=O) groups is 3. The molecule has 0 bridgehead atoms. The molecule has 0 radical (unpaired) electrons. The Labute approximate surface area is 177 Å². The number of ether oxygens (including phenoxy) is 1. The van der Waals surface area contributed by atoms with E-state index < -0.39 is 24.4 Å². The molecule has 1 aromatic carbocycles. The number of pyridine rings is 1. The van der Waals surface area contributed by atoms with Crippen LogP contribution in [-0.2, 0) is 22.4 Å². The van der Waals surface area contributed by atoms with Gasteiger partial charge in [0.05, 0.1) is 16.6 Å². The highest BCUT2D eigenvalue weighted by Crippen LogP contribution is 2.38. The first kappa shape index (κ1) is 20.0. The number of esters is 1. The first-order valence-electron chi connectivity index (χ1n) is 9.63. The van der Waals surface area contributed by atoms with E-state index in [0.29, 0.717) is 32.7 Å².